The van der Waals surface area contributed by atoms with Gasteiger partial charge in [-0.05, 0) is 18.2 Å². The largest absolute Gasteiger partial charge is 0.459 e. The zero-order chi connectivity index (χ0) is 22.6. The van der Waals surface area contributed by atoms with Crippen LogP contribution in [0.15, 0.2) is 52.6 Å². The lowest BCUT2D eigenvalue weighted by atomic mass is 10.2. The Morgan fingerprint density at radius 3 is 2.62 bits per heavy atom. The van der Waals surface area contributed by atoms with E-state index in [-0.39, 0.29) is 18.8 Å². The zero-order valence-electron chi connectivity index (χ0n) is 17.5. The third kappa shape index (κ3) is 6.80. The molecule has 0 bridgehead atoms. The fourth-order valence-electron chi connectivity index (χ4n) is 2.88. The van der Waals surface area contributed by atoms with Crippen molar-refractivity contribution in [3.63, 3.8) is 0 Å². The summed E-state index contributed by atoms with van der Waals surface area (Å²) in [5.74, 6) is 0.426. The third-order valence-electron chi connectivity index (χ3n) is 4.40. The van der Waals surface area contributed by atoms with Crippen molar-refractivity contribution in [2.75, 3.05) is 45.0 Å². The van der Waals surface area contributed by atoms with E-state index in [1.54, 1.807) is 18.3 Å². The van der Waals surface area contributed by atoms with Crippen LogP contribution in [0.2, 0.25) is 0 Å². The van der Waals surface area contributed by atoms with Crippen LogP contribution in [0.25, 0.3) is 17.0 Å². The van der Waals surface area contributed by atoms with Crippen molar-refractivity contribution in [2.24, 2.45) is 0 Å². The Labute approximate surface area is 185 Å². The maximum atomic E-state index is 12.5. The van der Waals surface area contributed by atoms with Crippen molar-refractivity contribution in [1.82, 2.24) is 4.98 Å². The lowest BCUT2D eigenvalue weighted by molar-refractivity contribution is -0.112. The zero-order valence-corrected chi connectivity index (χ0v) is 17.5. The standard InChI is InChI=1S/C23H25N3O6/c24-14-17(23(28)26-22-15-25-21-4-2-1-3-20(21)22)13-18-5-6-19(32-18)16-31-12-11-30-10-9-29-8-7-27/h1-6,13,15,25,27H,7-12,16H2,(H,26,28)/b17-13+. The Balaban J connectivity index is 1.46. The van der Waals surface area contributed by atoms with E-state index in [1.807, 2.05) is 30.3 Å². The van der Waals surface area contributed by atoms with E-state index in [2.05, 4.69) is 10.3 Å². The van der Waals surface area contributed by atoms with Gasteiger partial charge in [0.1, 0.15) is 29.8 Å². The molecule has 0 aliphatic heterocycles. The summed E-state index contributed by atoms with van der Waals surface area (Å²) in [7, 11) is 0. The van der Waals surface area contributed by atoms with E-state index in [0.29, 0.717) is 50.2 Å². The van der Waals surface area contributed by atoms with E-state index in [9.17, 15) is 10.1 Å². The molecule has 0 unspecified atom stereocenters. The Morgan fingerprint density at radius 1 is 1.09 bits per heavy atom. The minimum atomic E-state index is -0.522. The van der Waals surface area contributed by atoms with Crippen molar-refractivity contribution in [3.8, 4) is 6.07 Å². The summed E-state index contributed by atoms with van der Waals surface area (Å²) >= 11 is 0. The molecule has 0 saturated heterocycles. The van der Waals surface area contributed by atoms with Gasteiger partial charge in [-0.1, -0.05) is 18.2 Å². The van der Waals surface area contributed by atoms with Gasteiger partial charge < -0.3 is 34.0 Å². The van der Waals surface area contributed by atoms with E-state index < -0.39 is 5.91 Å². The molecule has 9 heteroatoms. The Morgan fingerprint density at radius 2 is 1.84 bits per heavy atom. The minimum Gasteiger partial charge on any atom is -0.459 e. The van der Waals surface area contributed by atoms with E-state index in [1.165, 1.54) is 6.08 Å². The Bertz CT molecular complexity index is 1080. The van der Waals surface area contributed by atoms with Crippen LogP contribution in [0.3, 0.4) is 0 Å². The number of furan rings is 1. The quantitative estimate of drug-likeness (QED) is 0.212. The monoisotopic (exact) mass is 439 g/mol. The number of carbonyl (C=O) groups excluding carboxylic acids is 1. The molecular formula is C23H25N3O6. The summed E-state index contributed by atoms with van der Waals surface area (Å²) < 4.78 is 21.5. The number of H-pyrrole nitrogens is 1. The molecule has 3 aromatic rings. The second-order valence-electron chi connectivity index (χ2n) is 6.68. The number of nitrogens with zero attached hydrogens (tertiary/aromatic N) is 1. The first-order chi connectivity index (χ1) is 15.7. The highest BCUT2D eigenvalue weighted by atomic mass is 16.5. The normalized spacial score (nSPS) is 11.6. The number of nitriles is 1. The number of rotatable bonds is 13. The minimum absolute atomic E-state index is 0.00589. The number of amides is 1. The van der Waals surface area contributed by atoms with Gasteiger partial charge in [0, 0.05) is 23.2 Å². The molecule has 0 fully saturated rings. The molecular weight excluding hydrogens is 414 g/mol. The molecule has 0 atom stereocenters. The summed E-state index contributed by atoms with van der Waals surface area (Å²) in [6.45, 7) is 2.16. The van der Waals surface area contributed by atoms with Gasteiger partial charge in [0.15, 0.2) is 0 Å². The molecule has 1 amide bonds. The molecule has 168 valence electrons. The summed E-state index contributed by atoms with van der Waals surface area (Å²) in [4.78, 5) is 15.6. The third-order valence-corrected chi connectivity index (χ3v) is 4.40. The molecule has 0 spiro atoms. The van der Waals surface area contributed by atoms with Crippen molar-refractivity contribution >= 4 is 28.6 Å². The second kappa shape index (κ2) is 12.4. The van der Waals surface area contributed by atoms with E-state index >= 15 is 0 Å². The van der Waals surface area contributed by atoms with Gasteiger partial charge in [0.25, 0.3) is 5.91 Å². The highest BCUT2D eigenvalue weighted by Crippen LogP contribution is 2.23. The van der Waals surface area contributed by atoms with Crippen LogP contribution in [0.4, 0.5) is 5.69 Å². The molecule has 0 aliphatic rings. The molecule has 0 saturated carbocycles. The maximum Gasteiger partial charge on any atom is 0.266 e. The maximum absolute atomic E-state index is 12.5. The number of nitrogens with one attached hydrogen (secondary N) is 2. The average Bonchev–Trinajstić information content (AvgIpc) is 3.43. The van der Waals surface area contributed by atoms with Crippen molar-refractivity contribution in [1.29, 1.82) is 5.26 Å². The van der Waals surface area contributed by atoms with Crippen LogP contribution in [-0.4, -0.2) is 55.6 Å². The van der Waals surface area contributed by atoms with Crippen LogP contribution in [-0.2, 0) is 25.6 Å². The number of hydrogen-bond acceptors (Lipinski definition) is 7. The predicted octanol–water partition coefficient (Wildman–Crippen LogP) is 2.85. The highest BCUT2D eigenvalue weighted by molar-refractivity contribution is 6.12. The summed E-state index contributed by atoms with van der Waals surface area (Å²) in [5, 5.41) is 21.6. The number of anilines is 1. The van der Waals surface area contributed by atoms with E-state index in [4.69, 9.17) is 23.7 Å². The van der Waals surface area contributed by atoms with Gasteiger partial charge >= 0.3 is 0 Å². The molecule has 0 radical (unpaired) electrons. The lowest BCUT2D eigenvalue weighted by Gasteiger charge is -2.05. The lowest BCUT2D eigenvalue weighted by Crippen LogP contribution is -2.13. The summed E-state index contributed by atoms with van der Waals surface area (Å²) in [6, 6.07) is 12.9. The number of fused-ring (bicyclic) bond motifs is 1. The SMILES string of the molecule is N#C/C(=C\c1ccc(COCCOCCOCCO)o1)C(=O)Nc1c[nH]c2ccccc12. The molecule has 0 aliphatic carbocycles. The topological polar surface area (TPSA) is 130 Å². The number of aromatic amines is 1. The van der Waals surface area contributed by atoms with Gasteiger partial charge in [0.05, 0.1) is 45.3 Å². The molecule has 3 N–H and O–H groups in total. The average molecular weight is 439 g/mol. The van der Waals surface area contributed by atoms with Crippen molar-refractivity contribution < 1.29 is 28.5 Å². The number of aromatic nitrogens is 1. The number of para-hydroxylation sites is 1. The van der Waals surface area contributed by atoms with Gasteiger partial charge in [-0.15, -0.1) is 0 Å². The first kappa shape index (κ1) is 23.2. The summed E-state index contributed by atoms with van der Waals surface area (Å²) in [6.07, 6.45) is 3.08. The number of carbonyl (C=O) groups is 1. The number of benzene rings is 1. The Hall–Kier alpha value is -3.42. The first-order valence-electron chi connectivity index (χ1n) is 10.1. The van der Waals surface area contributed by atoms with Gasteiger partial charge in [0.2, 0.25) is 0 Å². The van der Waals surface area contributed by atoms with Gasteiger partial charge in [-0.25, -0.2) is 0 Å². The van der Waals surface area contributed by atoms with E-state index in [0.717, 1.165) is 10.9 Å². The van der Waals surface area contributed by atoms with Gasteiger partial charge in [-0.2, -0.15) is 5.26 Å². The van der Waals surface area contributed by atoms with Crippen LogP contribution >= 0.6 is 0 Å². The fourth-order valence-corrected chi connectivity index (χ4v) is 2.88. The van der Waals surface area contributed by atoms with Crippen molar-refractivity contribution in [2.45, 2.75) is 6.61 Å². The fraction of sp³-hybridized carbons (Fsp3) is 0.304. The number of ether oxygens (including phenoxy) is 3. The molecule has 2 aromatic heterocycles. The molecule has 1 aromatic carbocycles. The smallest absolute Gasteiger partial charge is 0.266 e. The van der Waals surface area contributed by atoms with Crippen LogP contribution in [0.1, 0.15) is 11.5 Å². The first-order valence-corrected chi connectivity index (χ1v) is 10.1. The van der Waals surface area contributed by atoms with Crippen LogP contribution in [0, 0.1) is 11.3 Å². The molecule has 32 heavy (non-hydrogen) atoms. The Kier molecular flexibility index (Phi) is 9.04. The predicted molar refractivity (Wildman–Crippen MR) is 118 cm³/mol. The molecule has 9 nitrogen and oxygen atoms in total. The molecule has 3 rings (SSSR count). The van der Waals surface area contributed by atoms with Crippen molar-refractivity contribution in [3.05, 3.63) is 59.7 Å². The van der Waals surface area contributed by atoms with Crippen LogP contribution < -0.4 is 5.32 Å². The number of aliphatic hydroxyl groups is 1. The van der Waals surface area contributed by atoms with Crippen LogP contribution in [0.5, 0.6) is 0 Å². The van der Waals surface area contributed by atoms with Gasteiger partial charge in [-0.3, -0.25) is 4.79 Å². The number of aliphatic hydroxyl groups excluding tert-OH is 1. The second-order valence-corrected chi connectivity index (χ2v) is 6.68. The molecule has 2 heterocycles. The highest BCUT2D eigenvalue weighted by Gasteiger charge is 2.13. The number of hydrogen-bond donors (Lipinski definition) is 3. The summed E-state index contributed by atoms with van der Waals surface area (Å²) in [5.41, 5.74) is 1.41.